The predicted molar refractivity (Wildman–Crippen MR) is 204 cm³/mol. The summed E-state index contributed by atoms with van der Waals surface area (Å²) in [5.41, 5.74) is 3.16. The summed E-state index contributed by atoms with van der Waals surface area (Å²) >= 11 is 1.47. The van der Waals surface area contributed by atoms with E-state index in [2.05, 4.69) is 5.32 Å². The number of nitrogens with one attached hydrogen (secondary N) is 1. The fourth-order valence-electron chi connectivity index (χ4n) is 7.64. The third-order valence-corrected chi connectivity index (χ3v) is 11.4. The van der Waals surface area contributed by atoms with Gasteiger partial charge < -0.3 is 19.9 Å². The van der Waals surface area contributed by atoms with Gasteiger partial charge in [0.1, 0.15) is 11.8 Å². The fraction of sp³-hybridized carbons (Fsp3) is 0.439. The van der Waals surface area contributed by atoms with Gasteiger partial charge in [0.05, 0.1) is 42.1 Å². The van der Waals surface area contributed by atoms with Crippen LogP contribution in [0.2, 0.25) is 0 Å². The van der Waals surface area contributed by atoms with Gasteiger partial charge in [-0.2, -0.15) is 0 Å². The number of carbonyl (C=O) groups excluding carboxylic acids is 6. The van der Waals surface area contributed by atoms with Gasteiger partial charge in [-0.05, 0) is 61.3 Å². The molecular weight excluding hydrogens is 707 g/mol. The van der Waals surface area contributed by atoms with Crippen LogP contribution >= 0.6 is 11.3 Å². The van der Waals surface area contributed by atoms with Gasteiger partial charge in [-0.3, -0.25) is 28.4 Å². The quantitative estimate of drug-likeness (QED) is 0.180. The molecule has 4 atom stereocenters. The van der Waals surface area contributed by atoms with Crippen LogP contribution in [0, 0.1) is 5.92 Å². The SMILES string of the molecule is COC(=O)N[C@H](C(=O)N1CCCC1C(=O)Cc1cn2cc(-c3cccc(CC(=O)[C@@H]4CCCN4C(=O)[C@H](CC(C)=O)c4ccccc4)c3)sc2n1)C(C)C. The molecule has 12 nitrogen and oxygen atoms in total. The number of rotatable bonds is 14. The maximum atomic E-state index is 13.8. The number of thiazole rings is 1. The molecule has 54 heavy (non-hydrogen) atoms. The highest BCUT2D eigenvalue weighted by molar-refractivity contribution is 7.20. The third kappa shape index (κ3) is 8.62. The van der Waals surface area contributed by atoms with Gasteiger partial charge >= 0.3 is 6.09 Å². The molecule has 1 unspecified atom stereocenters. The van der Waals surface area contributed by atoms with Crippen molar-refractivity contribution in [2.24, 2.45) is 5.92 Å². The van der Waals surface area contributed by atoms with Gasteiger partial charge in [0.25, 0.3) is 0 Å². The molecule has 284 valence electrons. The molecule has 2 aromatic carbocycles. The number of Topliss-reactive ketones (excluding diaryl/α,β-unsaturated/α-hetero) is 3. The van der Waals surface area contributed by atoms with Crippen LogP contribution in [0.5, 0.6) is 0 Å². The molecule has 2 fully saturated rings. The minimum Gasteiger partial charge on any atom is -0.453 e. The summed E-state index contributed by atoms with van der Waals surface area (Å²) < 4.78 is 6.59. The van der Waals surface area contributed by atoms with E-state index >= 15 is 0 Å². The molecule has 2 aliphatic heterocycles. The second-order valence-electron chi connectivity index (χ2n) is 14.6. The summed E-state index contributed by atoms with van der Waals surface area (Å²) in [5.74, 6) is -1.45. The lowest BCUT2D eigenvalue weighted by molar-refractivity contribution is -0.139. The van der Waals surface area contributed by atoms with Crippen LogP contribution in [0.15, 0.2) is 67.0 Å². The molecule has 3 amide bonds. The molecule has 4 aromatic rings. The van der Waals surface area contributed by atoms with Crippen molar-refractivity contribution in [1.29, 1.82) is 0 Å². The second-order valence-corrected chi connectivity index (χ2v) is 15.6. The van der Waals surface area contributed by atoms with E-state index in [9.17, 15) is 28.8 Å². The second kappa shape index (κ2) is 16.9. The average Bonchev–Trinajstić information content (AvgIpc) is 3.97. The number of imidazole rings is 1. The first-order valence-corrected chi connectivity index (χ1v) is 19.4. The Kier molecular flexibility index (Phi) is 12.1. The standard InChI is InChI=1S/C41H47N5O7S/c1-25(2)37(43-41(52)53-4)39(51)46-18-10-16-33(46)35(49)22-30-23-44-24-36(54-40(44)42-30)29-14-8-11-27(20-29)21-34(48)32-15-9-17-45(32)38(50)31(19-26(3)47)28-12-6-5-7-13-28/h5-8,11-14,20,23-25,31-33,37H,9-10,15-19,21-22H2,1-4H3,(H,43,52)/t31-,32+,33?,37+/m1/s1. The molecule has 0 saturated carbocycles. The van der Waals surface area contributed by atoms with Crippen LogP contribution < -0.4 is 5.32 Å². The lowest BCUT2D eigenvalue weighted by Crippen LogP contribution is -2.53. The van der Waals surface area contributed by atoms with Crippen molar-refractivity contribution in [3.8, 4) is 10.4 Å². The molecular formula is C41H47N5O7S. The fourth-order valence-corrected chi connectivity index (χ4v) is 8.62. The molecule has 6 rings (SSSR count). The average molecular weight is 754 g/mol. The monoisotopic (exact) mass is 753 g/mol. The van der Waals surface area contributed by atoms with Crippen molar-refractivity contribution >= 4 is 51.6 Å². The zero-order chi connectivity index (χ0) is 38.5. The number of nitrogens with zero attached hydrogens (tertiary/aromatic N) is 4. The molecule has 2 aromatic heterocycles. The highest BCUT2D eigenvalue weighted by atomic mass is 32.1. The van der Waals surface area contributed by atoms with Crippen LogP contribution in [0.4, 0.5) is 4.79 Å². The Morgan fingerprint density at radius 2 is 1.54 bits per heavy atom. The topological polar surface area (TPSA) is 147 Å². The number of hydrogen-bond acceptors (Lipinski definition) is 9. The van der Waals surface area contributed by atoms with E-state index in [0.717, 1.165) is 32.9 Å². The normalized spacial score (nSPS) is 18.2. The number of benzene rings is 2. The van der Waals surface area contributed by atoms with E-state index in [1.807, 2.05) is 85.2 Å². The minimum absolute atomic E-state index is 0.0232. The first-order chi connectivity index (χ1) is 25.9. The summed E-state index contributed by atoms with van der Waals surface area (Å²) in [7, 11) is 1.25. The van der Waals surface area contributed by atoms with E-state index in [-0.39, 0.29) is 54.3 Å². The van der Waals surface area contributed by atoms with Gasteiger partial charge in [-0.1, -0.05) is 73.7 Å². The zero-order valence-corrected chi connectivity index (χ0v) is 32.0. The van der Waals surface area contributed by atoms with Crippen LogP contribution in [-0.2, 0) is 41.6 Å². The van der Waals surface area contributed by atoms with E-state index < -0.39 is 30.1 Å². The van der Waals surface area contributed by atoms with Crippen molar-refractivity contribution in [3.05, 3.63) is 83.8 Å². The highest BCUT2D eigenvalue weighted by Gasteiger charge is 2.39. The number of amides is 3. The van der Waals surface area contributed by atoms with Gasteiger partial charge in [-0.25, -0.2) is 9.78 Å². The van der Waals surface area contributed by atoms with E-state index in [1.54, 1.807) is 9.80 Å². The smallest absolute Gasteiger partial charge is 0.407 e. The summed E-state index contributed by atoms with van der Waals surface area (Å²) in [6, 6.07) is 15.2. The van der Waals surface area contributed by atoms with Gasteiger partial charge in [0.15, 0.2) is 16.5 Å². The maximum absolute atomic E-state index is 13.8. The summed E-state index contributed by atoms with van der Waals surface area (Å²) in [4.78, 5) is 88.1. The minimum atomic E-state index is -0.795. The summed E-state index contributed by atoms with van der Waals surface area (Å²) in [6.07, 6.45) is 6.03. The van der Waals surface area contributed by atoms with E-state index in [0.29, 0.717) is 38.0 Å². The van der Waals surface area contributed by atoms with E-state index in [1.165, 1.54) is 25.4 Å². The zero-order valence-electron chi connectivity index (χ0n) is 31.2. The first kappa shape index (κ1) is 38.6. The van der Waals surface area contributed by atoms with Crippen LogP contribution in [-0.4, -0.2) is 92.8 Å². The molecule has 1 N–H and O–H groups in total. The Morgan fingerprint density at radius 1 is 0.870 bits per heavy atom. The van der Waals surface area contributed by atoms with Crippen LogP contribution in [0.1, 0.15) is 75.6 Å². The van der Waals surface area contributed by atoms with Crippen LogP contribution in [0.3, 0.4) is 0 Å². The predicted octanol–water partition coefficient (Wildman–Crippen LogP) is 5.41. The Hall–Kier alpha value is -5.17. The first-order valence-electron chi connectivity index (χ1n) is 18.6. The number of alkyl carbamates (subject to hydrolysis) is 1. The molecule has 0 radical (unpaired) electrons. The van der Waals surface area contributed by atoms with E-state index in [4.69, 9.17) is 9.72 Å². The third-order valence-electron chi connectivity index (χ3n) is 10.3. The number of ether oxygens (including phenoxy) is 1. The number of hydrogen-bond donors (Lipinski definition) is 1. The maximum Gasteiger partial charge on any atom is 0.407 e. The Bertz CT molecular complexity index is 2010. The lowest BCUT2D eigenvalue weighted by Gasteiger charge is -2.30. The van der Waals surface area contributed by atoms with Gasteiger partial charge in [-0.15, -0.1) is 0 Å². The summed E-state index contributed by atoms with van der Waals surface area (Å²) in [5, 5.41) is 2.61. The molecule has 0 spiro atoms. The Balaban J connectivity index is 1.10. The molecule has 0 bridgehead atoms. The number of carbonyl (C=O) groups is 6. The molecule has 13 heteroatoms. The largest absolute Gasteiger partial charge is 0.453 e. The molecule has 4 heterocycles. The Morgan fingerprint density at radius 3 is 2.17 bits per heavy atom. The highest BCUT2D eigenvalue weighted by Crippen LogP contribution is 2.32. The molecule has 2 aliphatic rings. The number of fused-ring (bicyclic) bond motifs is 1. The van der Waals surface area contributed by atoms with Crippen LogP contribution in [0.25, 0.3) is 15.4 Å². The van der Waals surface area contributed by atoms with Gasteiger partial charge in [0.2, 0.25) is 11.8 Å². The lowest BCUT2D eigenvalue weighted by atomic mass is 9.91. The number of likely N-dealkylation sites (tertiary alicyclic amines) is 2. The number of aromatic nitrogens is 2. The Labute approximate surface area is 318 Å². The van der Waals surface area contributed by atoms with Crippen molar-refractivity contribution in [1.82, 2.24) is 24.5 Å². The van der Waals surface area contributed by atoms with Crippen molar-refractivity contribution in [3.63, 3.8) is 0 Å². The molecule has 2 saturated heterocycles. The number of methoxy groups -OCH3 is 1. The molecule has 0 aliphatic carbocycles. The van der Waals surface area contributed by atoms with Crippen molar-refractivity contribution < 1.29 is 33.5 Å². The van der Waals surface area contributed by atoms with Gasteiger partial charge in [0, 0.05) is 38.3 Å². The number of ketones is 3. The van der Waals surface area contributed by atoms with Crippen molar-refractivity contribution in [2.45, 2.75) is 89.8 Å². The summed E-state index contributed by atoms with van der Waals surface area (Å²) in [6.45, 7) is 6.09. The van der Waals surface area contributed by atoms with Crippen molar-refractivity contribution in [2.75, 3.05) is 20.2 Å².